The molecule has 0 spiro atoms. The fourth-order valence-electron chi connectivity index (χ4n) is 4.31. The van der Waals surface area contributed by atoms with Crippen LogP contribution in [0.3, 0.4) is 0 Å². The van der Waals surface area contributed by atoms with E-state index in [1.165, 1.54) is 18.2 Å². The van der Waals surface area contributed by atoms with Crippen LogP contribution in [0.15, 0.2) is 40.9 Å². The Labute approximate surface area is 225 Å². The van der Waals surface area contributed by atoms with E-state index >= 15 is 0 Å². The van der Waals surface area contributed by atoms with Gasteiger partial charge >= 0.3 is 5.97 Å². The lowest BCUT2D eigenvalue weighted by atomic mass is 9.80. The predicted octanol–water partition coefficient (Wildman–Crippen LogP) is 5.32. The SMILES string of the molecule is Cc1c(NC(=O)COC(=O)c2cccc(N3C(=O)[C@H]4C[C@H](Cl)[C@@H](Cl)C[C@H]4C3=O)c2)ccc(Br)c1Cl. The van der Waals surface area contributed by atoms with Crippen molar-refractivity contribution in [2.75, 3.05) is 16.8 Å². The highest BCUT2D eigenvalue weighted by Crippen LogP contribution is 2.43. The van der Waals surface area contributed by atoms with Crippen LogP contribution < -0.4 is 10.2 Å². The minimum Gasteiger partial charge on any atom is -0.452 e. The highest BCUT2D eigenvalue weighted by Gasteiger charge is 2.52. The van der Waals surface area contributed by atoms with Crippen LogP contribution in [0, 0.1) is 18.8 Å². The first kappa shape index (κ1) is 25.9. The topological polar surface area (TPSA) is 92.8 Å². The summed E-state index contributed by atoms with van der Waals surface area (Å²) in [6, 6.07) is 9.34. The summed E-state index contributed by atoms with van der Waals surface area (Å²) < 4.78 is 5.83. The number of hydrogen-bond acceptors (Lipinski definition) is 5. The number of carbonyl (C=O) groups excluding carboxylic acids is 4. The molecule has 35 heavy (non-hydrogen) atoms. The van der Waals surface area contributed by atoms with E-state index < -0.39 is 30.3 Å². The largest absolute Gasteiger partial charge is 0.452 e. The van der Waals surface area contributed by atoms with Crippen LogP contribution in [-0.2, 0) is 19.1 Å². The van der Waals surface area contributed by atoms with Crippen LogP contribution in [0.1, 0.15) is 28.8 Å². The van der Waals surface area contributed by atoms with Gasteiger partial charge in [-0.05, 0) is 71.6 Å². The summed E-state index contributed by atoms with van der Waals surface area (Å²) in [7, 11) is 0. The molecule has 0 aromatic heterocycles. The Morgan fingerprint density at radius 2 is 1.71 bits per heavy atom. The van der Waals surface area contributed by atoms with Gasteiger partial charge in [0.2, 0.25) is 11.8 Å². The van der Waals surface area contributed by atoms with Crippen molar-refractivity contribution in [3.63, 3.8) is 0 Å². The molecule has 1 heterocycles. The molecular formula is C24H20BrCl3N2O5. The van der Waals surface area contributed by atoms with Crippen molar-refractivity contribution in [2.24, 2.45) is 11.8 Å². The van der Waals surface area contributed by atoms with Crippen LogP contribution in [0.5, 0.6) is 0 Å². The van der Waals surface area contributed by atoms with Crippen molar-refractivity contribution < 1.29 is 23.9 Å². The number of amides is 3. The fourth-order valence-corrected chi connectivity index (χ4v) is 5.49. The summed E-state index contributed by atoms with van der Waals surface area (Å²) in [4.78, 5) is 51.9. The van der Waals surface area contributed by atoms with Gasteiger partial charge in [-0.3, -0.25) is 19.3 Å². The smallest absolute Gasteiger partial charge is 0.338 e. The van der Waals surface area contributed by atoms with Gasteiger partial charge in [-0.25, -0.2) is 4.79 Å². The van der Waals surface area contributed by atoms with Crippen LogP contribution in [0.25, 0.3) is 0 Å². The molecule has 2 aliphatic rings. The van der Waals surface area contributed by atoms with Crippen molar-refractivity contribution >= 4 is 85.8 Å². The molecule has 1 saturated carbocycles. The number of nitrogens with zero attached hydrogens (tertiary/aromatic N) is 1. The van der Waals surface area contributed by atoms with Crippen molar-refractivity contribution in [3.8, 4) is 0 Å². The Balaban J connectivity index is 1.42. The fraction of sp³-hybridized carbons (Fsp3) is 0.333. The lowest BCUT2D eigenvalue weighted by Gasteiger charge is -2.28. The Morgan fingerprint density at radius 3 is 2.34 bits per heavy atom. The lowest BCUT2D eigenvalue weighted by Crippen LogP contribution is -2.34. The van der Waals surface area contributed by atoms with Crippen molar-refractivity contribution in [1.82, 2.24) is 0 Å². The van der Waals surface area contributed by atoms with Crippen LogP contribution in [0.2, 0.25) is 5.02 Å². The number of alkyl halides is 2. The van der Waals surface area contributed by atoms with Gasteiger partial charge in [0.1, 0.15) is 0 Å². The van der Waals surface area contributed by atoms with E-state index in [9.17, 15) is 19.2 Å². The first-order valence-electron chi connectivity index (χ1n) is 10.8. The molecule has 1 aliphatic heterocycles. The Morgan fingerprint density at radius 1 is 1.09 bits per heavy atom. The average Bonchev–Trinajstić information content (AvgIpc) is 3.07. The van der Waals surface area contributed by atoms with E-state index in [2.05, 4.69) is 21.2 Å². The number of ether oxygens (including phenoxy) is 1. The van der Waals surface area contributed by atoms with Gasteiger partial charge in [-0.2, -0.15) is 0 Å². The molecule has 2 aromatic carbocycles. The van der Waals surface area contributed by atoms with Crippen LogP contribution in [-0.4, -0.2) is 41.1 Å². The quantitative estimate of drug-likeness (QED) is 0.284. The van der Waals surface area contributed by atoms with E-state index in [1.54, 1.807) is 25.1 Å². The number of benzene rings is 2. The molecule has 0 unspecified atom stereocenters. The molecule has 2 fully saturated rings. The molecular weight excluding hydrogens is 583 g/mol. The number of halogens is 4. The number of esters is 1. The zero-order valence-corrected chi connectivity index (χ0v) is 22.2. The third-order valence-electron chi connectivity index (χ3n) is 6.20. The average molecular weight is 603 g/mol. The highest BCUT2D eigenvalue weighted by molar-refractivity contribution is 9.10. The van der Waals surface area contributed by atoms with Crippen LogP contribution in [0.4, 0.5) is 11.4 Å². The van der Waals surface area contributed by atoms with E-state index in [0.29, 0.717) is 33.6 Å². The van der Waals surface area contributed by atoms with Gasteiger partial charge in [0.25, 0.3) is 5.91 Å². The molecule has 1 N–H and O–H groups in total. The summed E-state index contributed by atoms with van der Waals surface area (Å²) in [5, 5.41) is 2.33. The number of imide groups is 1. The second-order valence-electron chi connectivity index (χ2n) is 8.44. The number of hydrogen-bond donors (Lipinski definition) is 1. The van der Waals surface area contributed by atoms with E-state index in [1.807, 2.05) is 0 Å². The molecule has 4 rings (SSSR count). The molecule has 0 radical (unpaired) electrons. The van der Waals surface area contributed by atoms with Crippen LogP contribution >= 0.6 is 50.7 Å². The normalized spacial score (nSPS) is 23.7. The van der Waals surface area contributed by atoms with E-state index in [4.69, 9.17) is 39.5 Å². The number of rotatable bonds is 5. The highest BCUT2D eigenvalue weighted by atomic mass is 79.9. The molecule has 3 amide bonds. The number of carbonyl (C=O) groups is 4. The molecule has 11 heteroatoms. The predicted molar refractivity (Wildman–Crippen MR) is 137 cm³/mol. The van der Waals surface area contributed by atoms with Gasteiger partial charge < -0.3 is 10.1 Å². The van der Waals surface area contributed by atoms with E-state index in [0.717, 1.165) is 4.90 Å². The second kappa shape index (κ2) is 10.5. The standard InChI is InChI=1S/C24H20BrCl3N2O5/c1-11-19(6-5-16(25)21(11)28)29-20(31)10-35-24(34)12-3-2-4-13(7-12)30-22(32)14-8-17(26)18(27)9-15(14)23(30)33/h2-7,14-15,17-18H,8-10H2,1H3,(H,29,31)/t14-,15+,17-,18-/m0/s1. The van der Waals surface area contributed by atoms with Crippen molar-refractivity contribution in [2.45, 2.75) is 30.5 Å². The maximum atomic E-state index is 13.0. The van der Waals surface area contributed by atoms with Gasteiger partial charge in [0.15, 0.2) is 6.61 Å². The zero-order valence-electron chi connectivity index (χ0n) is 18.4. The van der Waals surface area contributed by atoms with E-state index in [-0.39, 0.29) is 33.8 Å². The second-order valence-corrected chi connectivity index (χ2v) is 10.8. The van der Waals surface area contributed by atoms with Gasteiger partial charge in [-0.15, -0.1) is 23.2 Å². The molecule has 1 aliphatic carbocycles. The molecule has 0 bridgehead atoms. The summed E-state index contributed by atoms with van der Waals surface area (Å²) in [5.74, 6) is -3.10. The molecule has 7 nitrogen and oxygen atoms in total. The number of nitrogens with one attached hydrogen (secondary N) is 1. The Hall–Kier alpha value is -2.13. The minimum absolute atomic E-state index is 0.0964. The Kier molecular flexibility index (Phi) is 7.76. The first-order valence-corrected chi connectivity index (χ1v) is 12.8. The third-order valence-corrected chi connectivity index (χ3v) is 8.67. The maximum absolute atomic E-state index is 13.0. The monoisotopic (exact) mass is 600 g/mol. The lowest BCUT2D eigenvalue weighted by molar-refractivity contribution is -0.122. The molecule has 4 atom stereocenters. The minimum atomic E-state index is -0.772. The third kappa shape index (κ3) is 5.21. The van der Waals surface area contributed by atoms with Gasteiger partial charge in [0.05, 0.1) is 38.9 Å². The number of fused-ring (bicyclic) bond motifs is 1. The van der Waals surface area contributed by atoms with Crippen molar-refractivity contribution in [1.29, 1.82) is 0 Å². The summed E-state index contributed by atoms with van der Waals surface area (Å²) >= 11 is 21.9. The van der Waals surface area contributed by atoms with Crippen molar-refractivity contribution in [3.05, 3.63) is 57.0 Å². The molecule has 1 saturated heterocycles. The Bertz CT molecular complexity index is 1200. The van der Waals surface area contributed by atoms with Gasteiger partial charge in [-0.1, -0.05) is 17.7 Å². The molecule has 2 aromatic rings. The maximum Gasteiger partial charge on any atom is 0.338 e. The summed E-state index contributed by atoms with van der Waals surface area (Å²) in [5.41, 5.74) is 1.51. The summed E-state index contributed by atoms with van der Waals surface area (Å²) in [6.45, 7) is 1.22. The number of anilines is 2. The molecule has 184 valence electrons. The zero-order chi connectivity index (χ0) is 25.4. The summed E-state index contributed by atoms with van der Waals surface area (Å²) in [6.07, 6.45) is 0.642. The van der Waals surface area contributed by atoms with Gasteiger partial charge in [0, 0.05) is 10.2 Å². The first-order chi connectivity index (χ1) is 16.6.